The highest BCUT2D eigenvalue weighted by Gasteiger charge is 2.26. The van der Waals surface area contributed by atoms with Crippen LogP contribution < -0.4 is 4.74 Å². The number of amides is 1. The number of benzene rings is 2. The predicted octanol–water partition coefficient (Wildman–Crippen LogP) is 3.88. The first-order chi connectivity index (χ1) is 13.3. The molecule has 1 unspecified atom stereocenters. The van der Waals surface area contributed by atoms with E-state index < -0.39 is 6.10 Å². The van der Waals surface area contributed by atoms with Crippen LogP contribution in [0.1, 0.15) is 23.6 Å². The topological polar surface area (TPSA) is 53.0 Å². The lowest BCUT2D eigenvalue weighted by atomic mass is 10.1. The molecular weight excluding hydrogens is 420 g/mol. The highest BCUT2D eigenvalue weighted by Crippen LogP contribution is 2.28. The van der Waals surface area contributed by atoms with Crippen LogP contribution >= 0.6 is 15.9 Å². The maximum atomic E-state index is 12.8. The van der Waals surface area contributed by atoms with E-state index in [0.29, 0.717) is 25.4 Å². The molecule has 1 fully saturated rings. The number of aryl methyl sites for hydroxylation is 2. The smallest absolute Gasteiger partial charge is 0.263 e. The number of carbonyl (C=O) groups is 1. The van der Waals surface area contributed by atoms with Crippen LogP contribution in [0, 0.1) is 13.8 Å². The molecule has 150 valence electrons. The second kappa shape index (κ2) is 8.97. The van der Waals surface area contributed by atoms with Crippen molar-refractivity contribution in [3.8, 4) is 11.5 Å². The summed E-state index contributed by atoms with van der Waals surface area (Å²) in [5, 5.41) is 10.3. The van der Waals surface area contributed by atoms with Gasteiger partial charge >= 0.3 is 0 Å². The first kappa shape index (κ1) is 20.7. The molecule has 1 amide bonds. The third-order valence-electron chi connectivity index (χ3n) is 5.17. The Labute approximate surface area is 175 Å². The minimum absolute atomic E-state index is 0.0176. The molecule has 1 atom stereocenters. The first-order valence-electron chi connectivity index (χ1n) is 9.56. The summed E-state index contributed by atoms with van der Waals surface area (Å²) in [6.07, 6.45) is -0.510. The zero-order chi connectivity index (χ0) is 20.3. The van der Waals surface area contributed by atoms with E-state index in [2.05, 4.69) is 20.8 Å². The average Bonchev–Trinajstić information content (AvgIpc) is 2.67. The molecule has 2 aromatic carbocycles. The van der Waals surface area contributed by atoms with Crippen molar-refractivity contribution in [1.29, 1.82) is 0 Å². The number of halogens is 1. The van der Waals surface area contributed by atoms with Crippen molar-refractivity contribution in [1.82, 2.24) is 9.80 Å². The minimum Gasteiger partial charge on any atom is -0.507 e. The SMILES string of the molecule is Cc1ccccc1OC(C)C(=O)N1CCN(Cc2cc(Br)cc(C)c2O)CC1. The fraction of sp³-hybridized carbons (Fsp3) is 0.409. The molecule has 1 aliphatic heterocycles. The first-order valence-corrected chi connectivity index (χ1v) is 10.4. The molecule has 2 aromatic rings. The highest BCUT2D eigenvalue weighted by atomic mass is 79.9. The molecule has 0 aliphatic carbocycles. The Morgan fingerprint density at radius 1 is 1.14 bits per heavy atom. The van der Waals surface area contributed by atoms with E-state index in [1.54, 1.807) is 0 Å². The Balaban J connectivity index is 1.55. The third-order valence-corrected chi connectivity index (χ3v) is 5.63. The number of carbonyl (C=O) groups excluding carboxylic acids is 1. The van der Waals surface area contributed by atoms with Gasteiger partial charge in [-0.1, -0.05) is 34.1 Å². The van der Waals surface area contributed by atoms with Gasteiger partial charge in [-0.2, -0.15) is 0 Å². The standard InChI is InChI=1S/C22H27BrN2O3/c1-15-6-4-5-7-20(15)28-17(3)22(27)25-10-8-24(9-11-25)14-18-13-19(23)12-16(2)21(18)26/h4-7,12-13,17,26H,8-11,14H2,1-3H3. The summed E-state index contributed by atoms with van der Waals surface area (Å²) in [6.45, 7) is 9.22. The fourth-order valence-corrected chi connectivity index (χ4v) is 4.10. The molecule has 0 radical (unpaired) electrons. The largest absolute Gasteiger partial charge is 0.507 e. The van der Waals surface area contributed by atoms with Gasteiger partial charge in [-0.3, -0.25) is 9.69 Å². The molecule has 3 rings (SSSR count). The Morgan fingerprint density at radius 2 is 1.82 bits per heavy atom. The number of hydrogen-bond acceptors (Lipinski definition) is 4. The molecule has 28 heavy (non-hydrogen) atoms. The van der Waals surface area contributed by atoms with Crippen LogP contribution in [-0.4, -0.2) is 53.1 Å². The quantitative estimate of drug-likeness (QED) is 0.756. The third kappa shape index (κ3) is 4.86. The van der Waals surface area contributed by atoms with E-state index in [-0.39, 0.29) is 5.91 Å². The van der Waals surface area contributed by atoms with Crippen LogP contribution in [0.25, 0.3) is 0 Å². The van der Waals surface area contributed by atoms with Gasteiger partial charge in [0.15, 0.2) is 6.10 Å². The Bertz CT molecular complexity index is 848. The summed E-state index contributed by atoms with van der Waals surface area (Å²) in [6, 6.07) is 11.6. The van der Waals surface area contributed by atoms with Crippen molar-refractivity contribution in [3.05, 3.63) is 57.6 Å². The number of phenolic OH excluding ortho intramolecular Hbond substituents is 1. The van der Waals surface area contributed by atoms with Crippen LogP contribution in [0.4, 0.5) is 0 Å². The van der Waals surface area contributed by atoms with Gasteiger partial charge in [0.25, 0.3) is 5.91 Å². The van der Waals surface area contributed by atoms with Crippen LogP contribution in [0.2, 0.25) is 0 Å². The van der Waals surface area contributed by atoms with Crippen molar-refractivity contribution in [2.45, 2.75) is 33.4 Å². The van der Waals surface area contributed by atoms with E-state index >= 15 is 0 Å². The lowest BCUT2D eigenvalue weighted by Crippen LogP contribution is -2.51. The predicted molar refractivity (Wildman–Crippen MR) is 114 cm³/mol. The lowest BCUT2D eigenvalue weighted by Gasteiger charge is -2.36. The Hall–Kier alpha value is -2.05. The monoisotopic (exact) mass is 446 g/mol. The van der Waals surface area contributed by atoms with Gasteiger partial charge in [0.2, 0.25) is 0 Å². The fourth-order valence-electron chi connectivity index (χ4n) is 3.48. The van der Waals surface area contributed by atoms with Crippen LogP contribution in [0.5, 0.6) is 11.5 Å². The van der Waals surface area contributed by atoms with Crippen molar-refractivity contribution in [3.63, 3.8) is 0 Å². The molecule has 0 bridgehead atoms. The number of para-hydroxylation sites is 1. The van der Waals surface area contributed by atoms with Crippen molar-refractivity contribution in [2.24, 2.45) is 0 Å². The normalized spacial score (nSPS) is 16.1. The molecule has 0 aromatic heterocycles. The maximum Gasteiger partial charge on any atom is 0.263 e. The number of rotatable bonds is 5. The average molecular weight is 447 g/mol. The summed E-state index contributed by atoms with van der Waals surface area (Å²) >= 11 is 3.49. The van der Waals surface area contributed by atoms with Crippen LogP contribution in [-0.2, 0) is 11.3 Å². The van der Waals surface area contributed by atoms with Gasteiger partial charge in [0, 0.05) is 42.8 Å². The van der Waals surface area contributed by atoms with Gasteiger partial charge < -0.3 is 14.7 Å². The minimum atomic E-state index is -0.510. The number of hydrogen-bond donors (Lipinski definition) is 1. The Morgan fingerprint density at radius 3 is 2.50 bits per heavy atom. The summed E-state index contributed by atoms with van der Waals surface area (Å²) in [7, 11) is 0. The molecule has 0 saturated carbocycles. The van der Waals surface area contributed by atoms with Gasteiger partial charge in [0.1, 0.15) is 11.5 Å². The van der Waals surface area contributed by atoms with E-state index in [1.807, 2.05) is 62.1 Å². The van der Waals surface area contributed by atoms with Crippen LogP contribution in [0.15, 0.2) is 40.9 Å². The molecule has 1 heterocycles. The zero-order valence-corrected chi connectivity index (χ0v) is 18.2. The summed E-state index contributed by atoms with van der Waals surface area (Å²) in [5.74, 6) is 1.12. The van der Waals surface area contributed by atoms with E-state index in [9.17, 15) is 9.90 Å². The molecular formula is C22H27BrN2O3. The van der Waals surface area contributed by atoms with Gasteiger partial charge in [-0.25, -0.2) is 0 Å². The summed E-state index contributed by atoms with van der Waals surface area (Å²) < 4.78 is 6.85. The number of nitrogens with zero attached hydrogens (tertiary/aromatic N) is 2. The number of piperazine rings is 1. The summed E-state index contributed by atoms with van der Waals surface area (Å²) in [5.41, 5.74) is 2.79. The number of phenols is 1. The van der Waals surface area contributed by atoms with E-state index in [1.165, 1.54) is 0 Å². The molecule has 1 aliphatic rings. The van der Waals surface area contributed by atoms with Crippen molar-refractivity contribution >= 4 is 21.8 Å². The second-order valence-corrected chi connectivity index (χ2v) is 8.27. The zero-order valence-electron chi connectivity index (χ0n) is 16.6. The molecule has 1 N–H and O–H groups in total. The maximum absolute atomic E-state index is 12.8. The van der Waals surface area contributed by atoms with Gasteiger partial charge in [-0.15, -0.1) is 0 Å². The molecule has 1 saturated heterocycles. The highest BCUT2D eigenvalue weighted by molar-refractivity contribution is 9.10. The van der Waals surface area contributed by atoms with E-state index in [4.69, 9.17) is 4.74 Å². The summed E-state index contributed by atoms with van der Waals surface area (Å²) in [4.78, 5) is 16.9. The van der Waals surface area contributed by atoms with Crippen LogP contribution in [0.3, 0.4) is 0 Å². The van der Waals surface area contributed by atoms with Crippen molar-refractivity contribution in [2.75, 3.05) is 26.2 Å². The van der Waals surface area contributed by atoms with Crippen molar-refractivity contribution < 1.29 is 14.6 Å². The van der Waals surface area contributed by atoms with E-state index in [0.717, 1.165) is 40.0 Å². The second-order valence-electron chi connectivity index (χ2n) is 7.36. The molecule has 6 heteroatoms. The van der Waals surface area contributed by atoms with Gasteiger partial charge in [-0.05, 0) is 50.1 Å². The van der Waals surface area contributed by atoms with Gasteiger partial charge in [0.05, 0.1) is 0 Å². The lowest BCUT2D eigenvalue weighted by molar-refractivity contribution is -0.139. The number of aromatic hydroxyl groups is 1. The molecule has 0 spiro atoms. The Kier molecular flexibility index (Phi) is 6.62. The molecule has 5 nitrogen and oxygen atoms in total. The number of ether oxygens (including phenoxy) is 1.